The monoisotopic (exact) mass is 409 g/mol. The maximum atomic E-state index is 12.9. The highest BCUT2D eigenvalue weighted by atomic mass is 19.4. The smallest absolute Gasteiger partial charge is 0.416 e. The van der Waals surface area contributed by atoms with Crippen LogP contribution < -0.4 is 19.9 Å². The zero-order valence-electron chi connectivity index (χ0n) is 16.2. The van der Waals surface area contributed by atoms with E-state index >= 15 is 0 Å². The molecule has 10 heteroatoms. The van der Waals surface area contributed by atoms with Gasteiger partial charge in [0.05, 0.1) is 12.7 Å². The zero-order chi connectivity index (χ0) is 21.0. The fraction of sp³-hybridized carbons (Fsp3) is 0.421. The van der Waals surface area contributed by atoms with Crippen LogP contribution in [0.25, 0.3) is 0 Å². The molecule has 1 aromatic carbocycles. The van der Waals surface area contributed by atoms with Crippen LogP contribution in [0.5, 0.6) is 5.88 Å². The molecule has 2 heterocycles. The van der Waals surface area contributed by atoms with Crippen LogP contribution in [-0.2, 0) is 6.18 Å². The summed E-state index contributed by atoms with van der Waals surface area (Å²) in [6.07, 6.45) is -2.95. The van der Waals surface area contributed by atoms with Gasteiger partial charge in [0.1, 0.15) is 5.56 Å². The van der Waals surface area contributed by atoms with E-state index in [0.717, 1.165) is 12.1 Å². The molecule has 0 aliphatic carbocycles. The first-order valence-electron chi connectivity index (χ1n) is 9.20. The highest BCUT2D eigenvalue weighted by Gasteiger charge is 2.31. The molecular weight excluding hydrogens is 387 g/mol. The van der Waals surface area contributed by atoms with E-state index in [4.69, 9.17) is 4.74 Å². The normalized spacial score (nSPS) is 14.7. The van der Waals surface area contributed by atoms with Crippen molar-refractivity contribution in [3.05, 3.63) is 41.6 Å². The van der Waals surface area contributed by atoms with Gasteiger partial charge in [-0.05, 0) is 25.1 Å². The minimum absolute atomic E-state index is 0.182. The molecule has 1 N–H and O–H groups in total. The van der Waals surface area contributed by atoms with Gasteiger partial charge in [0, 0.05) is 44.6 Å². The molecule has 0 unspecified atom stereocenters. The SMILES string of the molecule is CCNC(=O)c1cnc(N2CCN(c3cccc(C(F)(F)F)c3)CC2)nc1OC. The summed E-state index contributed by atoms with van der Waals surface area (Å²) in [4.78, 5) is 24.4. The summed E-state index contributed by atoms with van der Waals surface area (Å²) in [6.45, 7) is 4.38. The van der Waals surface area contributed by atoms with E-state index in [1.807, 2.05) is 16.7 Å². The Kier molecular flexibility index (Phi) is 6.09. The van der Waals surface area contributed by atoms with Gasteiger partial charge in [-0.3, -0.25) is 4.79 Å². The number of anilines is 2. The minimum atomic E-state index is -4.37. The Balaban J connectivity index is 1.70. The number of aromatic nitrogens is 2. The predicted octanol–water partition coefficient (Wildman–Crippen LogP) is 2.58. The average Bonchev–Trinajstić information content (AvgIpc) is 2.73. The number of nitrogens with zero attached hydrogens (tertiary/aromatic N) is 4. The van der Waals surface area contributed by atoms with Crippen LogP contribution in [0, 0.1) is 0 Å². The summed E-state index contributed by atoms with van der Waals surface area (Å²) in [5, 5.41) is 2.68. The van der Waals surface area contributed by atoms with Crippen molar-refractivity contribution < 1.29 is 22.7 Å². The number of piperazine rings is 1. The summed E-state index contributed by atoms with van der Waals surface area (Å²) in [5.74, 6) is 0.283. The van der Waals surface area contributed by atoms with Crippen LogP contribution in [0.15, 0.2) is 30.5 Å². The van der Waals surface area contributed by atoms with Gasteiger partial charge in [-0.1, -0.05) is 6.07 Å². The van der Waals surface area contributed by atoms with Crippen LogP contribution in [0.3, 0.4) is 0 Å². The van der Waals surface area contributed by atoms with Gasteiger partial charge in [-0.25, -0.2) is 4.98 Å². The molecule has 3 rings (SSSR count). The zero-order valence-corrected chi connectivity index (χ0v) is 16.2. The number of halogens is 3. The summed E-state index contributed by atoms with van der Waals surface area (Å²) in [6, 6.07) is 5.32. The quantitative estimate of drug-likeness (QED) is 0.819. The van der Waals surface area contributed by atoms with Crippen LogP contribution in [0.1, 0.15) is 22.8 Å². The Labute approximate surface area is 166 Å². The van der Waals surface area contributed by atoms with Crippen molar-refractivity contribution >= 4 is 17.5 Å². The molecule has 1 aliphatic rings. The van der Waals surface area contributed by atoms with Gasteiger partial charge >= 0.3 is 6.18 Å². The molecule has 1 fully saturated rings. The Bertz CT molecular complexity index is 867. The lowest BCUT2D eigenvalue weighted by molar-refractivity contribution is -0.137. The van der Waals surface area contributed by atoms with Crippen molar-refractivity contribution in [3.8, 4) is 5.88 Å². The third-order valence-corrected chi connectivity index (χ3v) is 4.62. The van der Waals surface area contributed by atoms with Crippen molar-refractivity contribution in [1.82, 2.24) is 15.3 Å². The first-order valence-corrected chi connectivity index (χ1v) is 9.20. The number of hydrogen-bond acceptors (Lipinski definition) is 6. The van der Waals surface area contributed by atoms with Crippen molar-refractivity contribution in [2.45, 2.75) is 13.1 Å². The number of rotatable bonds is 5. The second-order valence-electron chi connectivity index (χ2n) is 6.47. The molecule has 2 aromatic rings. The van der Waals surface area contributed by atoms with Gasteiger partial charge < -0.3 is 19.9 Å². The molecule has 0 bridgehead atoms. The van der Waals surface area contributed by atoms with E-state index in [2.05, 4.69) is 15.3 Å². The fourth-order valence-corrected chi connectivity index (χ4v) is 3.12. The van der Waals surface area contributed by atoms with Gasteiger partial charge in [0.15, 0.2) is 0 Å². The molecule has 156 valence electrons. The molecule has 0 radical (unpaired) electrons. The highest BCUT2D eigenvalue weighted by Crippen LogP contribution is 2.32. The average molecular weight is 409 g/mol. The summed E-state index contributed by atoms with van der Waals surface area (Å²) in [7, 11) is 1.43. The number of nitrogens with one attached hydrogen (secondary N) is 1. The van der Waals surface area contributed by atoms with Crippen LogP contribution in [-0.4, -0.2) is 55.7 Å². The summed E-state index contributed by atoms with van der Waals surface area (Å²) in [5.41, 5.74) is 0.122. The van der Waals surface area contributed by atoms with Crippen LogP contribution in [0.4, 0.5) is 24.8 Å². The second kappa shape index (κ2) is 8.54. The summed E-state index contributed by atoms with van der Waals surface area (Å²) < 4.78 is 44.1. The molecule has 1 aromatic heterocycles. The first-order chi connectivity index (χ1) is 13.8. The first kappa shape index (κ1) is 20.7. The molecule has 29 heavy (non-hydrogen) atoms. The lowest BCUT2D eigenvalue weighted by atomic mass is 10.1. The van der Waals surface area contributed by atoms with Crippen molar-refractivity contribution in [2.75, 3.05) is 49.6 Å². The topological polar surface area (TPSA) is 70.6 Å². The van der Waals surface area contributed by atoms with E-state index in [1.165, 1.54) is 19.4 Å². The Morgan fingerprint density at radius 1 is 1.21 bits per heavy atom. The van der Waals surface area contributed by atoms with Crippen LogP contribution >= 0.6 is 0 Å². The maximum Gasteiger partial charge on any atom is 0.416 e. The predicted molar refractivity (Wildman–Crippen MR) is 102 cm³/mol. The second-order valence-corrected chi connectivity index (χ2v) is 6.47. The van der Waals surface area contributed by atoms with Crippen molar-refractivity contribution in [1.29, 1.82) is 0 Å². The third-order valence-electron chi connectivity index (χ3n) is 4.62. The molecule has 7 nitrogen and oxygen atoms in total. The number of methoxy groups -OCH3 is 1. The van der Waals surface area contributed by atoms with Crippen LogP contribution in [0.2, 0.25) is 0 Å². The standard InChI is InChI=1S/C19H22F3N5O2/c1-3-23-16(28)15-12-24-18(25-17(15)29-2)27-9-7-26(8-10-27)14-6-4-5-13(11-14)19(20,21)22/h4-6,11-12H,3,7-10H2,1-2H3,(H,23,28). The van der Waals surface area contributed by atoms with Crippen molar-refractivity contribution in [3.63, 3.8) is 0 Å². The molecule has 0 spiro atoms. The number of hydrogen-bond donors (Lipinski definition) is 1. The van der Waals surface area contributed by atoms with E-state index in [-0.39, 0.29) is 17.4 Å². The van der Waals surface area contributed by atoms with Gasteiger partial charge in [-0.15, -0.1) is 0 Å². The minimum Gasteiger partial charge on any atom is -0.480 e. The summed E-state index contributed by atoms with van der Waals surface area (Å²) >= 11 is 0. The number of benzene rings is 1. The number of carbonyl (C=O) groups is 1. The lowest BCUT2D eigenvalue weighted by Crippen LogP contribution is -2.47. The van der Waals surface area contributed by atoms with Gasteiger partial charge in [0.25, 0.3) is 5.91 Å². The lowest BCUT2D eigenvalue weighted by Gasteiger charge is -2.36. The number of carbonyl (C=O) groups excluding carboxylic acids is 1. The largest absolute Gasteiger partial charge is 0.480 e. The maximum absolute atomic E-state index is 12.9. The van der Waals surface area contributed by atoms with E-state index in [9.17, 15) is 18.0 Å². The van der Waals surface area contributed by atoms with E-state index in [1.54, 1.807) is 6.07 Å². The fourth-order valence-electron chi connectivity index (χ4n) is 3.12. The highest BCUT2D eigenvalue weighted by molar-refractivity contribution is 5.96. The molecular formula is C19H22F3N5O2. The third kappa shape index (κ3) is 4.69. The van der Waals surface area contributed by atoms with E-state index < -0.39 is 11.7 Å². The van der Waals surface area contributed by atoms with Crippen molar-refractivity contribution in [2.24, 2.45) is 0 Å². The number of amides is 1. The molecule has 1 saturated heterocycles. The molecule has 0 saturated carbocycles. The van der Waals surface area contributed by atoms with E-state index in [0.29, 0.717) is 44.4 Å². The Hall–Kier alpha value is -3.04. The Morgan fingerprint density at radius 2 is 1.90 bits per heavy atom. The number of alkyl halides is 3. The van der Waals surface area contributed by atoms with Gasteiger partial charge in [0.2, 0.25) is 11.8 Å². The number of ether oxygens (including phenoxy) is 1. The Morgan fingerprint density at radius 3 is 2.52 bits per heavy atom. The molecule has 1 amide bonds. The molecule has 0 atom stereocenters. The molecule has 1 aliphatic heterocycles. The van der Waals surface area contributed by atoms with Gasteiger partial charge in [-0.2, -0.15) is 18.2 Å².